The Bertz CT molecular complexity index is 1080. The van der Waals surface area contributed by atoms with Crippen LogP contribution in [0.2, 0.25) is 0 Å². The van der Waals surface area contributed by atoms with Crippen molar-refractivity contribution < 1.29 is 19.1 Å². The van der Waals surface area contributed by atoms with Crippen LogP contribution in [-0.4, -0.2) is 30.1 Å². The molecule has 0 N–H and O–H groups in total. The number of hydrogen-bond donors (Lipinski definition) is 0. The van der Waals surface area contributed by atoms with E-state index in [1.165, 1.54) is 11.1 Å². The van der Waals surface area contributed by atoms with E-state index in [2.05, 4.69) is 27.7 Å². The SMILES string of the molecule is CC/C=C1\C(=O)C2(C(=O)c3ccccc3)CC3(C)CC(=C(C)C)C[C@](CCC)(C2=O)C13OC. The summed E-state index contributed by atoms with van der Waals surface area (Å²) < 4.78 is 6.41. The van der Waals surface area contributed by atoms with Gasteiger partial charge in [-0.1, -0.05) is 74.7 Å². The summed E-state index contributed by atoms with van der Waals surface area (Å²) in [4.78, 5) is 43.1. The number of carbonyl (C=O) groups is 3. The minimum atomic E-state index is -1.68. The number of benzene rings is 1. The third-order valence-electron chi connectivity index (χ3n) is 8.65. The van der Waals surface area contributed by atoms with Crippen LogP contribution in [0.5, 0.6) is 0 Å². The molecule has 4 atom stereocenters. The molecule has 4 fully saturated rings. The highest BCUT2D eigenvalue weighted by atomic mass is 16.5. The molecule has 33 heavy (non-hydrogen) atoms. The molecule has 0 saturated heterocycles. The molecule has 1 aromatic rings. The molecule has 0 aliphatic heterocycles. The van der Waals surface area contributed by atoms with Crippen LogP contribution >= 0.6 is 0 Å². The highest BCUT2D eigenvalue weighted by Crippen LogP contribution is 2.75. The summed E-state index contributed by atoms with van der Waals surface area (Å²) in [6.07, 6.45) is 5.40. The third-order valence-corrected chi connectivity index (χ3v) is 8.65. The van der Waals surface area contributed by atoms with Gasteiger partial charge in [0.2, 0.25) is 0 Å². The fourth-order valence-electron chi connectivity index (χ4n) is 7.65. The van der Waals surface area contributed by atoms with Crippen molar-refractivity contribution in [1.29, 1.82) is 0 Å². The molecule has 0 aromatic heterocycles. The monoisotopic (exact) mass is 448 g/mol. The fraction of sp³-hybridized carbons (Fsp3) is 0.552. The van der Waals surface area contributed by atoms with Crippen LogP contribution in [0.25, 0.3) is 0 Å². The molecule has 0 spiro atoms. The normalized spacial score (nSPS) is 36.4. The van der Waals surface area contributed by atoms with Crippen LogP contribution in [0.15, 0.2) is 53.1 Å². The Balaban J connectivity index is 2.11. The van der Waals surface area contributed by atoms with E-state index in [4.69, 9.17) is 4.74 Å². The molecule has 4 saturated carbocycles. The van der Waals surface area contributed by atoms with Crippen LogP contribution in [0.3, 0.4) is 0 Å². The van der Waals surface area contributed by atoms with Gasteiger partial charge < -0.3 is 4.74 Å². The van der Waals surface area contributed by atoms with Gasteiger partial charge in [0.05, 0.1) is 5.41 Å². The van der Waals surface area contributed by atoms with Crippen LogP contribution < -0.4 is 0 Å². The number of allylic oxidation sites excluding steroid dienone is 3. The number of fused-ring (bicyclic) bond motifs is 1. The van der Waals surface area contributed by atoms with Crippen LogP contribution in [0.1, 0.15) is 83.5 Å². The van der Waals surface area contributed by atoms with Crippen molar-refractivity contribution in [1.82, 2.24) is 0 Å². The average Bonchev–Trinajstić information content (AvgIpc) is 2.79. The molecule has 4 aliphatic carbocycles. The van der Waals surface area contributed by atoms with Gasteiger partial charge in [-0.2, -0.15) is 0 Å². The smallest absolute Gasteiger partial charge is 0.184 e. The van der Waals surface area contributed by atoms with Gasteiger partial charge in [-0.15, -0.1) is 0 Å². The number of hydrogen-bond acceptors (Lipinski definition) is 4. The van der Waals surface area contributed by atoms with Crippen molar-refractivity contribution in [2.75, 3.05) is 7.11 Å². The van der Waals surface area contributed by atoms with Gasteiger partial charge in [-0.3, -0.25) is 14.4 Å². The van der Waals surface area contributed by atoms with E-state index in [9.17, 15) is 14.4 Å². The quantitative estimate of drug-likeness (QED) is 0.230. The largest absolute Gasteiger partial charge is 0.372 e. The first-order valence-electron chi connectivity index (χ1n) is 12.2. The third kappa shape index (κ3) is 2.70. The lowest BCUT2D eigenvalue weighted by Crippen LogP contribution is -2.81. The van der Waals surface area contributed by atoms with Crippen molar-refractivity contribution in [2.24, 2.45) is 16.2 Å². The number of carbonyl (C=O) groups excluding carboxylic acids is 3. The van der Waals surface area contributed by atoms with Gasteiger partial charge >= 0.3 is 0 Å². The summed E-state index contributed by atoms with van der Waals surface area (Å²) in [5, 5.41) is 0. The van der Waals surface area contributed by atoms with E-state index >= 15 is 0 Å². The Kier molecular flexibility index (Phi) is 5.68. The zero-order valence-electron chi connectivity index (χ0n) is 20.8. The van der Waals surface area contributed by atoms with Gasteiger partial charge in [-0.25, -0.2) is 0 Å². The second-order valence-corrected chi connectivity index (χ2v) is 10.7. The standard InChI is InChI=1S/C29H36O4/c1-7-12-22-24(31)28(23(30)20-13-10-9-11-14-20)18-26(5)16-21(19(3)4)17-27(15-8-2,25(28)32)29(22,26)33-6/h9-14H,7-8,15-18H2,1-6H3/b22-12+/t26?,27-,28?,29?/m1/s1. The molecule has 0 amide bonds. The van der Waals surface area contributed by atoms with E-state index < -0.39 is 21.8 Å². The van der Waals surface area contributed by atoms with Gasteiger partial charge in [0.25, 0.3) is 0 Å². The van der Waals surface area contributed by atoms with Crippen molar-refractivity contribution in [3.8, 4) is 0 Å². The number of ketones is 3. The number of methoxy groups -OCH3 is 1. The predicted molar refractivity (Wildman–Crippen MR) is 129 cm³/mol. The molecule has 5 rings (SSSR count). The Labute approximate surface area is 197 Å². The Morgan fingerprint density at radius 1 is 1.09 bits per heavy atom. The maximum Gasteiger partial charge on any atom is 0.184 e. The first kappa shape index (κ1) is 23.8. The van der Waals surface area contributed by atoms with E-state index in [0.717, 1.165) is 12.8 Å². The highest BCUT2D eigenvalue weighted by Gasteiger charge is 2.83. The van der Waals surface area contributed by atoms with E-state index in [1.54, 1.807) is 31.4 Å². The molecule has 4 heteroatoms. The summed E-state index contributed by atoms with van der Waals surface area (Å²) in [5.41, 5.74) is -0.726. The van der Waals surface area contributed by atoms with Crippen molar-refractivity contribution >= 4 is 17.3 Å². The molecular formula is C29H36O4. The highest BCUT2D eigenvalue weighted by molar-refractivity contribution is 6.36. The maximum atomic E-state index is 14.7. The first-order chi connectivity index (χ1) is 15.6. The van der Waals surface area contributed by atoms with E-state index in [0.29, 0.717) is 30.4 Å². The minimum absolute atomic E-state index is 0.197. The number of Topliss-reactive ketones (excluding diaryl/α,β-unsaturated/α-hetero) is 3. The van der Waals surface area contributed by atoms with Gasteiger partial charge in [0, 0.05) is 23.7 Å². The maximum absolute atomic E-state index is 14.7. The molecule has 4 nitrogen and oxygen atoms in total. The lowest BCUT2D eigenvalue weighted by atomic mass is 9.31. The summed E-state index contributed by atoms with van der Waals surface area (Å²) in [6.45, 7) is 10.4. The van der Waals surface area contributed by atoms with Crippen LogP contribution in [0.4, 0.5) is 0 Å². The molecule has 4 bridgehead atoms. The van der Waals surface area contributed by atoms with Gasteiger partial charge in [0.1, 0.15) is 5.60 Å². The second kappa shape index (κ2) is 7.87. The lowest BCUT2D eigenvalue weighted by molar-refractivity contribution is -0.231. The minimum Gasteiger partial charge on any atom is -0.372 e. The second-order valence-electron chi connectivity index (χ2n) is 10.7. The molecule has 176 valence electrons. The van der Waals surface area contributed by atoms with Crippen LogP contribution in [0, 0.1) is 16.2 Å². The molecular weight excluding hydrogens is 412 g/mol. The topological polar surface area (TPSA) is 60.4 Å². The van der Waals surface area contributed by atoms with E-state index in [-0.39, 0.29) is 23.8 Å². The molecule has 0 heterocycles. The lowest BCUT2D eigenvalue weighted by Gasteiger charge is -2.71. The first-order valence-corrected chi connectivity index (χ1v) is 12.2. The predicted octanol–water partition coefficient (Wildman–Crippen LogP) is 6.06. The molecule has 4 aliphatic rings. The molecule has 0 radical (unpaired) electrons. The van der Waals surface area contributed by atoms with Crippen molar-refractivity contribution in [3.05, 3.63) is 58.7 Å². The summed E-state index contributed by atoms with van der Waals surface area (Å²) >= 11 is 0. The average molecular weight is 449 g/mol. The zero-order valence-corrected chi connectivity index (χ0v) is 20.8. The summed E-state index contributed by atoms with van der Waals surface area (Å²) in [6, 6.07) is 8.87. The van der Waals surface area contributed by atoms with Gasteiger partial charge in [-0.05, 0) is 46.0 Å². The fourth-order valence-corrected chi connectivity index (χ4v) is 7.65. The summed E-state index contributed by atoms with van der Waals surface area (Å²) in [7, 11) is 1.65. The summed E-state index contributed by atoms with van der Waals surface area (Å²) in [5.74, 6) is -0.909. The molecule has 1 aromatic carbocycles. The number of ether oxygens (including phenoxy) is 1. The zero-order chi connectivity index (χ0) is 24.2. The Hall–Kier alpha value is -2.33. The van der Waals surface area contributed by atoms with Gasteiger partial charge in [0.15, 0.2) is 22.8 Å². The Morgan fingerprint density at radius 3 is 2.30 bits per heavy atom. The van der Waals surface area contributed by atoms with Crippen molar-refractivity contribution in [3.63, 3.8) is 0 Å². The van der Waals surface area contributed by atoms with Crippen LogP contribution in [-0.2, 0) is 14.3 Å². The van der Waals surface area contributed by atoms with Crippen molar-refractivity contribution in [2.45, 2.75) is 78.7 Å². The Morgan fingerprint density at radius 2 is 1.76 bits per heavy atom. The molecule has 3 unspecified atom stereocenters. The number of rotatable bonds is 6. The van der Waals surface area contributed by atoms with E-state index in [1.807, 2.05) is 19.1 Å².